The van der Waals surface area contributed by atoms with Gasteiger partial charge in [0, 0.05) is 12.6 Å². The quantitative estimate of drug-likeness (QED) is 0.903. The van der Waals surface area contributed by atoms with Crippen LogP contribution in [0.1, 0.15) is 43.7 Å². The largest absolute Gasteiger partial charge is 0.352 e. The van der Waals surface area contributed by atoms with Crippen LogP contribution in [0.2, 0.25) is 0 Å². The topological polar surface area (TPSA) is 32.3 Å². The molecule has 1 saturated carbocycles. The van der Waals surface area contributed by atoms with Crippen LogP contribution in [-0.4, -0.2) is 30.4 Å². The molecule has 21 heavy (non-hydrogen) atoms. The van der Waals surface area contributed by atoms with Crippen LogP contribution >= 0.6 is 0 Å². The summed E-state index contributed by atoms with van der Waals surface area (Å²) in [5.41, 5.74) is 2.52. The van der Waals surface area contributed by atoms with Crippen molar-refractivity contribution in [3.63, 3.8) is 0 Å². The highest BCUT2D eigenvalue weighted by molar-refractivity contribution is 5.78. The van der Waals surface area contributed by atoms with E-state index in [1.807, 2.05) is 7.05 Å². The van der Waals surface area contributed by atoms with E-state index >= 15 is 0 Å². The Labute approximate surface area is 128 Å². The minimum absolute atomic E-state index is 0.156. The number of nitrogens with zero attached hydrogens (tertiary/aromatic N) is 1. The minimum Gasteiger partial charge on any atom is -0.352 e. The molecule has 1 aliphatic carbocycles. The number of carbonyl (C=O) groups excluding carboxylic acids is 1. The number of rotatable bonds is 5. The highest BCUT2D eigenvalue weighted by Gasteiger charge is 2.22. The van der Waals surface area contributed by atoms with E-state index in [0.29, 0.717) is 18.5 Å². The maximum absolute atomic E-state index is 12.2. The van der Waals surface area contributed by atoms with E-state index in [1.165, 1.54) is 30.4 Å². The third-order valence-electron chi connectivity index (χ3n) is 4.44. The van der Waals surface area contributed by atoms with Crippen molar-refractivity contribution >= 4 is 5.91 Å². The molecule has 0 spiro atoms. The molecule has 3 heteroatoms. The molecule has 1 aromatic rings. The molecular formula is C18H28N2O. The molecule has 1 fully saturated rings. The van der Waals surface area contributed by atoms with E-state index in [4.69, 9.17) is 0 Å². The second-order valence-corrected chi connectivity index (χ2v) is 6.59. The average molecular weight is 288 g/mol. The molecule has 0 unspecified atom stereocenters. The van der Waals surface area contributed by atoms with Gasteiger partial charge in [-0.2, -0.15) is 0 Å². The molecule has 1 aliphatic rings. The lowest BCUT2D eigenvalue weighted by Gasteiger charge is -2.30. The van der Waals surface area contributed by atoms with Crippen molar-refractivity contribution in [3.05, 3.63) is 35.4 Å². The number of carbonyl (C=O) groups is 1. The summed E-state index contributed by atoms with van der Waals surface area (Å²) in [7, 11) is 2.00. The molecule has 0 saturated heterocycles. The van der Waals surface area contributed by atoms with Crippen molar-refractivity contribution < 1.29 is 4.79 Å². The summed E-state index contributed by atoms with van der Waals surface area (Å²) in [5.74, 6) is 0.772. The lowest BCUT2D eigenvalue weighted by molar-refractivity contribution is -0.123. The van der Waals surface area contributed by atoms with Crippen LogP contribution < -0.4 is 5.32 Å². The van der Waals surface area contributed by atoms with Crippen molar-refractivity contribution in [3.8, 4) is 0 Å². The molecule has 1 aromatic carbocycles. The van der Waals surface area contributed by atoms with Gasteiger partial charge in [0.05, 0.1) is 6.54 Å². The Morgan fingerprint density at radius 2 is 1.90 bits per heavy atom. The van der Waals surface area contributed by atoms with Crippen molar-refractivity contribution in [2.24, 2.45) is 5.92 Å². The maximum Gasteiger partial charge on any atom is 0.234 e. The van der Waals surface area contributed by atoms with Crippen molar-refractivity contribution in [2.75, 3.05) is 13.6 Å². The molecule has 1 N–H and O–H groups in total. The van der Waals surface area contributed by atoms with Gasteiger partial charge in [0.1, 0.15) is 0 Å². The molecule has 2 atom stereocenters. The van der Waals surface area contributed by atoms with Crippen LogP contribution in [0.25, 0.3) is 0 Å². The monoisotopic (exact) mass is 288 g/mol. The number of benzene rings is 1. The lowest BCUT2D eigenvalue weighted by Crippen LogP contribution is -2.44. The molecule has 0 aromatic heterocycles. The lowest BCUT2D eigenvalue weighted by atomic mass is 9.86. The van der Waals surface area contributed by atoms with E-state index in [1.54, 1.807) is 0 Å². The van der Waals surface area contributed by atoms with E-state index in [-0.39, 0.29) is 5.91 Å². The van der Waals surface area contributed by atoms with Crippen LogP contribution in [0.4, 0.5) is 0 Å². The molecule has 0 heterocycles. The Morgan fingerprint density at radius 1 is 1.24 bits per heavy atom. The number of aryl methyl sites for hydroxylation is 1. The average Bonchev–Trinajstić information content (AvgIpc) is 2.44. The first kappa shape index (κ1) is 16.0. The van der Waals surface area contributed by atoms with Gasteiger partial charge in [-0.3, -0.25) is 9.69 Å². The van der Waals surface area contributed by atoms with Gasteiger partial charge in [-0.05, 0) is 38.3 Å². The van der Waals surface area contributed by atoms with Crippen LogP contribution in [0.5, 0.6) is 0 Å². The Kier molecular flexibility index (Phi) is 5.80. The van der Waals surface area contributed by atoms with Crippen molar-refractivity contribution in [1.82, 2.24) is 10.2 Å². The maximum atomic E-state index is 12.2. The fourth-order valence-electron chi connectivity index (χ4n) is 3.09. The fraction of sp³-hybridized carbons (Fsp3) is 0.611. The number of hydrogen-bond acceptors (Lipinski definition) is 2. The van der Waals surface area contributed by atoms with Gasteiger partial charge in [0.25, 0.3) is 0 Å². The third-order valence-corrected chi connectivity index (χ3v) is 4.44. The normalized spacial score (nSPS) is 22.3. The SMILES string of the molecule is Cc1ccc(CN(C)CC(=O)N[C@H]2CCCC[C@H]2C)cc1. The smallest absolute Gasteiger partial charge is 0.234 e. The zero-order valence-corrected chi connectivity index (χ0v) is 13.6. The number of likely N-dealkylation sites (N-methyl/N-ethyl adjacent to an activating group) is 1. The second-order valence-electron chi connectivity index (χ2n) is 6.59. The summed E-state index contributed by atoms with van der Waals surface area (Å²) in [6.45, 7) is 5.62. The van der Waals surface area contributed by atoms with Crippen LogP contribution in [0.3, 0.4) is 0 Å². The summed E-state index contributed by atoms with van der Waals surface area (Å²) in [5, 5.41) is 3.21. The molecule has 116 valence electrons. The van der Waals surface area contributed by atoms with Crippen LogP contribution in [0, 0.1) is 12.8 Å². The second kappa shape index (κ2) is 7.60. The van der Waals surface area contributed by atoms with Crippen molar-refractivity contribution in [1.29, 1.82) is 0 Å². The first-order valence-electron chi connectivity index (χ1n) is 8.08. The molecular weight excluding hydrogens is 260 g/mol. The third kappa shape index (κ3) is 5.16. The number of amides is 1. The van der Waals surface area contributed by atoms with Crippen molar-refractivity contribution in [2.45, 2.75) is 52.1 Å². The van der Waals surface area contributed by atoms with E-state index in [2.05, 4.69) is 48.3 Å². The molecule has 2 rings (SSSR count). The summed E-state index contributed by atoms with van der Waals surface area (Å²) in [4.78, 5) is 14.2. The van der Waals surface area contributed by atoms with E-state index in [0.717, 1.165) is 13.0 Å². The van der Waals surface area contributed by atoms with Crippen LogP contribution in [-0.2, 0) is 11.3 Å². The standard InChI is InChI=1S/C18H28N2O/c1-14-8-10-16(11-9-14)12-20(3)13-18(21)19-17-7-5-4-6-15(17)2/h8-11,15,17H,4-7,12-13H2,1-3H3,(H,19,21)/t15-,17+/m1/s1. The van der Waals surface area contributed by atoms with Gasteiger partial charge in [-0.1, -0.05) is 49.6 Å². The molecule has 0 bridgehead atoms. The molecule has 1 amide bonds. The van der Waals surface area contributed by atoms with E-state index < -0.39 is 0 Å². The Balaban J connectivity index is 1.77. The van der Waals surface area contributed by atoms with Crippen LogP contribution in [0.15, 0.2) is 24.3 Å². The highest BCUT2D eigenvalue weighted by Crippen LogP contribution is 2.23. The summed E-state index contributed by atoms with van der Waals surface area (Å²) in [6.07, 6.45) is 4.92. The molecule has 3 nitrogen and oxygen atoms in total. The van der Waals surface area contributed by atoms with E-state index in [9.17, 15) is 4.79 Å². The van der Waals surface area contributed by atoms with Gasteiger partial charge < -0.3 is 5.32 Å². The zero-order chi connectivity index (χ0) is 15.2. The number of nitrogens with one attached hydrogen (secondary N) is 1. The van der Waals surface area contributed by atoms with Gasteiger partial charge in [0.15, 0.2) is 0 Å². The summed E-state index contributed by atoms with van der Waals surface area (Å²) >= 11 is 0. The van der Waals surface area contributed by atoms with Gasteiger partial charge >= 0.3 is 0 Å². The first-order chi connectivity index (χ1) is 10.0. The zero-order valence-electron chi connectivity index (χ0n) is 13.6. The Morgan fingerprint density at radius 3 is 2.57 bits per heavy atom. The predicted molar refractivity (Wildman–Crippen MR) is 87.1 cm³/mol. The number of hydrogen-bond donors (Lipinski definition) is 1. The van der Waals surface area contributed by atoms with Gasteiger partial charge in [0.2, 0.25) is 5.91 Å². The molecule has 0 aliphatic heterocycles. The van der Waals surface area contributed by atoms with Gasteiger partial charge in [-0.15, -0.1) is 0 Å². The first-order valence-corrected chi connectivity index (χ1v) is 8.08. The summed E-state index contributed by atoms with van der Waals surface area (Å²) < 4.78 is 0. The predicted octanol–water partition coefficient (Wildman–Crippen LogP) is 3.12. The Hall–Kier alpha value is -1.35. The summed E-state index contributed by atoms with van der Waals surface area (Å²) in [6, 6.07) is 8.87. The molecule has 0 radical (unpaired) electrons. The van der Waals surface area contributed by atoms with Gasteiger partial charge in [-0.25, -0.2) is 0 Å². The Bertz CT molecular complexity index is 455. The minimum atomic E-state index is 0.156. The highest BCUT2D eigenvalue weighted by atomic mass is 16.2. The fourth-order valence-corrected chi connectivity index (χ4v) is 3.09.